The zero-order valence-corrected chi connectivity index (χ0v) is 17.3. The Labute approximate surface area is 176 Å². The van der Waals surface area contributed by atoms with E-state index in [9.17, 15) is 4.79 Å². The summed E-state index contributed by atoms with van der Waals surface area (Å²) in [5.41, 5.74) is 3.16. The van der Waals surface area contributed by atoms with Crippen LogP contribution in [0.3, 0.4) is 0 Å². The molecule has 0 amide bonds. The molecule has 1 N–H and O–H groups in total. The maximum absolute atomic E-state index is 12.0. The predicted octanol–water partition coefficient (Wildman–Crippen LogP) is 3.99. The fourth-order valence-corrected chi connectivity index (χ4v) is 2.98. The lowest BCUT2D eigenvalue weighted by molar-refractivity contribution is 0.0526. The van der Waals surface area contributed by atoms with E-state index in [1.165, 1.54) is 0 Å². The van der Waals surface area contributed by atoms with E-state index in [4.69, 9.17) is 14.2 Å². The number of esters is 1. The summed E-state index contributed by atoms with van der Waals surface area (Å²) in [6, 6.07) is 14.9. The number of carbonyl (C=O) groups is 1. The highest BCUT2D eigenvalue weighted by Crippen LogP contribution is 2.27. The van der Waals surface area contributed by atoms with E-state index in [2.05, 4.69) is 15.3 Å². The van der Waals surface area contributed by atoms with Gasteiger partial charge < -0.3 is 19.5 Å². The number of hydrogen-bond acceptors (Lipinski definition) is 7. The third-order valence-corrected chi connectivity index (χ3v) is 4.47. The van der Waals surface area contributed by atoms with Gasteiger partial charge in [0, 0.05) is 18.3 Å². The third kappa shape index (κ3) is 5.26. The molecule has 1 heterocycles. The van der Waals surface area contributed by atoms with Crippen molar-refractivity contribution in [2.75, 3.05) is 32.7 Å². The monoisotopic (exact) mass is 407 g/mol. The number of anilines is 1. The first-order valence-corrected chi connectivity index (χ1v) is 9.70. The van der Waals surface area contributed by atoms with Gasteiger partial charge in [-0.05, 0) is 49.2 Å². The van der Waals surface area contributed by atoms with Gasteiger partial charge >= 0.3 is 5.97 Å². The molecule has 0 saturated heterocycles. The quantitative estimate of drug-likeness (QED) is 0.537. The second kappa shape index (κ2) is 10.2. The Hall–Kier alpha value is -3.61. The lowest BCUT2D eigenvalue weighted by atomic mass is 10.1. The smallest absolute Gasteiger partial charge is 0.338 e. The first-order chi connectivity index (χ1) is 14.6. The summed E-state index contributed by atoms with van der Waals surface area (Å²) in [5, 5.41) is 3.24. The molecule has 0 aliphatic rings. The first-order valence-electron chi connectivity index (χ1n) is 9.70. The van der Waals surface area contributed by atoms with Crippen molar-refractivity contribution in [3.63, 3.8) is 0 Å². The molecule has 7 nitrogen and oxygen atoms in total. The normalized spacial score (nSPS) is 10.4. The molecule has 30 heavy (non-hydrogen) atoms. The molecule has 0 bridgehead atoms. The van der Waals surface area contributed by atoms with Gasteiger partial charge in [-0.15, -0.1) is 0 Å². The highest BCUT2D eigenvalue weighted by Gasteiger charge is 2.09. The van der Waals surface area contributed by atoms with E-state index in [-0.39, 0.29) is 5.97 Å². The van der Waals surface area contributed by atoms with Crippen molar-refractivity contribution in [1.29, 1.82) is 0 Å². The van der Waals surface area contributed by atoms with Crippen molar-refractivity contribution < 1.29 is 19.0 Å². The number of nitrogens with one attached hydrogen (secondary N) is 1. The van der Waals surface area contributed by atoms with Gasteiger partial charge in [0.25, 0.3) is 0 Å². The van der Waals surface area contributed by atoms with E-state index in [0.29, 0.717) is 36.2 Å². The summed E-state index contributed by atoms with van der Waals surface area (Å²) in [4.78, 5) is 20.8. The molecule has 7 heteroatoms. The van der Waals surface area contributed by atoms with Crippen LogP contribution in [0.5, 0.6) is 11.5 Å². The molecule has 0 saturated carbocycles. The highest BCUT2D eigenvalue weighted by molar-refractivity contribution is 5.90. The Morgan fingerprint density at radius 3 is 2.63 bits per heavy atom. The van der Waals surface area contributed by atoms with Gasteiger partial charge in [-0.3, -0.25) is 0 Å². The lowest BCUT2D eigenvalue weighted by Crippen LogP contribution is -2.08. The number of rotatable bonds is 9. The maximum Gasteiger partial charge on any atom is 0.338 e. The van der Waals surface area contributed by atoms with Crippen molar-refractivity contribution in [3.8, 4) is 22.8 Å². The second-order valence-corrected chi connectivity index (χ2v) is 6.43. The lowest BCUT2D eigenvalue weighted by Gasteiger charge is -2.10. The zero-order chi connectivity index (χ0) is 21.3. The Morgan fingerprint density at radius 1 is 1.03 bits per heavy atom. The average molecular weight is 407 g/mol. The number of nitrogens with zero attached hydrogens (tertiary/aromatic N) is 2. The van der Waals surface area contributed by atoms with E-state index >= 15 is 0 Å². The summed E-state index contributed by atoms with van der Waals surface area (Å²) in [6.07, 6.45) is 2.46. The van der Waals surface area contributed by atoms with Gasteiger partial charge in [-0.1, -0.05) is 18.2 Å². The Kier molecular flexibility index (Phi) is 7.21. The van der Waals surface area contributed by atoms with Gasteiger partial charge in [0.15, 0.2) is 11.5 Å². The van der Waals surface area contributed by atoms with Gasteiger partial charge in [0.1, 0.15) is 0 Å². The van der Waals surface area contributed by atoms with Crippen LogP contribution in [0.1, 0.15) is 22.8 Å². The molecule has 0 atom stereocenters. The number of benzene rings is 2. The van der Waals surface area contributed by atoms with Crippen LogP contribution in [0, 0.1) is 0 Å². The maximum atomic E-state index is 12.0. The highest BCUT2D eigenvalue weighted by atomic mass is 16.5. The van der Waals surface area contributed by atoms with Gasteiger partial charge in [-0.2, -0.15) is 0 Å². The zero-order valence-electron chi connectivity index (χ0n) is 17.3. The van der Waals surface area contributed by atoms with Gasteiger partial charge in [0.05, 0.1) is 32.1 Å². The summed E-state index contributed by atoms with van der Waals surface area (Å²) in [5.74, 6) is 1.58. The van der Waals surface area contributed by atoms with Crippen LogP contribution in [0.25, 0.3) is 11.3 Å². The minimum absolute atomic E-state index is 0.338. The van der Waals surface area contributed by atoms with Gasteiger partial charge in [0.2, 0.25) is 5.95 Å². The minimum Gasteiger partial charge on any atom is -0.493 e. The first kappa shape index (κ1) is 21.1. The fourth-order valence-electron chi connectivity index (χ4n) is 2.98. The van der Waals surface area contributed by atoms with E-state index in [1.807, 2.05) is 36.4 Å². The van der Waals surface area contributed by atoms with Crippen molar-refractivity contribution in [1.82, 2.24) is 9.97 Å². The van der Waals surface area contributed by atoms with Crippen LogP contribution >= 0.6 is 0 Å². The molecule has 2 aromatic carbocycles. The van der Waals surface area contributed by atoms with E-state index in [0.717, 1.165) is 23.2 Å². The van der Waals surface area contributed by atoms with Crippen LogP contribution in [0.2, 0.25) is 0 Å². The molecule has 3 rings (SSSR count). The van der Waals surface area contributed by atoms with Crippen LogP contribution in [0.4, 0.5) is 5.95 Å². The molecular formula is C23H25N3O4. The molecule has 0 spiro atoms. The van der Waals surface area contributed by atoms with E-state index < -0.39 is 0 Å². The van der Waals surface area contributed by atoms with Crippen molar-refractivity contribution in [3.05, 3.63) is 65.9 Å². The Bertz CT molecular complexity index is 1010. The Morgan fingerprint density at radius 2 is 1.87 bits per heavy atom. The average Bonchev–Trinajstić information content (AvgIpc) is 2.79. The Balaban J connectivity index is 1.66. The molecule has 156 valence electrons. The molecular weight excluding hydrogens is 382 g/mol. The predicted molar refractivity (Wildman–Crippen MR) is 115 cm³/mol. The third-order valence-electron chi connectivity index (χ3n) is 4.47. The number of methoxy groups -OCH3 is 2. The number of carbonyl (C=O) groups excluding carboxylic acids is 1. The molecule has 0 unspecified atom stereocenters. The largest absolute Gasteiger partial charge is 0.493 e. The van der Waals surface area contributed by atoms with Crippen LogP contribution < -0.4 is 14.8 Å². The molecule has 0 aliphatic heterocycles. The standard InChI is InChI=1S/C23H25N3O4/c1-4-30-22(27)18-7-5-6-17(15-18)19-11-13-25-23(26-19)24-12-10-16-8-9-20(28-2)21(14-16)29-3/h5-9,11,13-15H,4,10,12H2,1-3H3,(H,24,25,26). The number of hydrogen-bond donors (Lipinski definition) is 1. The van der Waals surface area contributed by atoms with Crippen LogP contribution in [0.15, 0.2) is 54.7 Å². The molecule has 1 aromatic heterocycles. The topological polar surface area (TPSA) is 82.6 Å². The van der Waals surface area contributed by atoms with Crippen molar-refractivity contribution in [2.24, 2.45) is 0 Å². The number of ether oxygens (including phenoxy) is 3. The molecule has 0 aliphatic carbocycles. The van der Waals surface area contributed by atoms with Gasteiger partial charge in [-0.25, -0.2) is 14.8 Å². The van der Waals surface area contributed by atoms with Crippen LogP contribution in [-0.4, -0.2) is 43.3 Å². The molecule has 0 radical (unpaired) electrons. The van der Waals surface area contributed by atoms with E-state index in [1.54, 1.807) is 39.5 Å². The molecule has 0 fully saturated rings. The summed E-state index contributed by atoms with van der Waals surface area (Å²) < 4.78 is 15.7. The molecule has 3 aromatic rings. The summed E-state index contributed by atoms with van der Waals surface area (Å²) in [6.45, 7) is 2.78. The fraction of sp³-hybridized carbons (Fsp3) is 0.261. The SMILES string of the molecule is CCOC(=O)c1cccc(-c2ccnc(NCCc3ccc(OC)c(OC)c3)n2)c1. The van der Waals surface area contributed by atoms with Crippen molar-refractivity contribution in [2.45, 2.75) is 13.3 Å². The van der Waals surface area contributed by atoms with Crippen molar-refractivity contribution >= 4 is 11.9 Å². The second-order valence-electron chi connectivity index (χ2n) is 6.43. The summed E-state index contributed by atoms with van der Waals surface area (Å²) >= 11 is 0. The van der Waals surface area contributed by atoms with Crippen LogP contribution in [-0.2, 0) is 11.2 Å². The number of aromatic nitrogens is 2. The summed E-state index contributed by atoms with van der Waals surface area (Å²) in [7, 11) is 3.24. The minimum atomic E-state index is -0.346.